The van der Waals surface area contributed by atoms with Crippen molar-refractivity contribution in [3.63, 3.8) is 0 Å². The number of esters is 1. The molecular formula is C56H61NO14. The number of benzene rings is 5. The molecule has 3 fully saturated rings. The minimum atomic E-state index is -1.22. The van der Waals surface area contributed by atoms with Crippen LogP contribution in [0.3, 0.4) is 0 Å². The third kappa shape index (κ3) is 11.9. The third-order valence-corrected chi connectivity index (χ3v) is 13.2. The Morgan fingerprint density at radius 1 is 0.592 bits per heavy atom. The summed E-state index contributed by atoms with van der Waals surface area (Å²) in [5.74, 6) is -0.716. The molecule has 0 aliphatic carbocycles. The second-order valence-corrected chi connectivity index (χ2v) is 18.0. The summed E-state index contributed by atoms with van der Waals surface area (Å²) in [6, 6.07) is 42.3. The maximum Gasteiger partial charge on any atom is 0.305 e. The second kappa shape index (κ2) is 24.0. The van der Waals surface area contributed by atoms with Crippen LogP contribution in [-0.2, 0) is 72.0 Å². The highest BCUT2D eigenvalue weighted by atomic mass is 16.8. The highest BCUT2D eigenvalue weighted by Gasteiger charge is 2.59. The van der Waals surface area contributed by atoms with Crippen LogP contribution in [0.25, 0.3) is 0 Å². The highest BCUT2D eigenvalue weighted by molar-refractivity contribution is 6.21. The number of imide groups is 1. The molecule has 4 heterocycles. The van der Waals surface area contributed by atoms with Crippen molar-refractivity contribution >= 4 is 17.8 Å². The molecule has 0 N–H and O–H groups in total. The van der Waals surface area contributed by atoms with Gasteiger partial charge in [-0.1, -0.05) is 122 Å². The first-order valence-electron chi connectivity index (χ1n) is 24.3. The molecule has 11 atom stereocenters. The summed E-state index contributed by atoms with van der Waals surface area (Å²) in [5.41, 5.74) is 3.99. The largest absolute Gasteiger partial charge is 0.497 e. The summed E-state index contributed by atoms with van der Waals surface area (Å²) in [6.07, 6.45) is -7.22. The Labute approximate surface area is 414 Å². The van der Waals surface area contributed by atoms with Crippen molar-refractivity contribution < 1.29 is 66.5 Å². The van der Waals surface area contributed by atoms with E-state index in [1.807, 2.05) is 122 Å². The van der Waals surface area contributed by atoms with Gasteiger partial charge in [0.1, 0.15) is 48.4 Å². The Hall–Kier alpha value is -5.85. The lowest BCUT2D eigenvalue weighted by molar-refractivity contribution is -0.386. The van der Waals surface area contributed by atoms with E-state index in [9.17, 15) is 14.4 Å². The van der Waals surface area contributed by atoms with Gasteiger partial charge in [0.15, 0.2) is 18.9 Å². The number of hydrogen-bond acceptors (Lipinski definition) is 14. The van der Waals surface area contributed by atoms with Crippen molar-refractivity contribution in [2.75, 3.05) is 27.4 Å². The zero-order valence-electron chi connectivity index (χ0n) is 40.2. The lowest BCUT2D eigenvalue weighted by Gasteiger charge is -2.53. The number of nitrogens with zero attached hydrogens (tertiary/aromatic N) is 1. The molecule has 0 spiro atoms. The Kier molecular flexibility index (Phi) is 17.0. The van der Waals surface area contributed by atoms with Crippen LogP contribution < -0.4 is 4.74 Å². The summed E-state index contributed by atoms with van der Waals surface area (Å²) >= 11 is 0. The number of carbonyl (C=O) groups excluding carboxylic acids is 3. The van der Waals surface area contributed by atoms with E-state index < -0.39 is 79.5 Å². The minimum absolute atomic E-state index is 0.0448. The molecule has 0 aromatic heterocycles. The van der Waals surface area contributed by atoms with E-state index in [1.165, 1.54) is 12.0 Å². The topological polar surface area (TPSA) is 156 Å². The normalized spacial score (nSPS) is 27.2. The zero-order chi connectivity index (χ0) is 49.1. The fourth-order valence-corrected chi connectivity index (χ4v) is 9.52. The van der Waals surface area contributed by atoms with Gasteiger partial charge in [-0.2, -0.15) is 0 Å². The first-order valence-corrected chi connectivity index (χ1v) is 24.3. The van der Waals surface area contributed by atoms with Gasteiger partial charge in [-0.3, -0.25) is 19.3 Å². The van der Waals surface area contributed by atoms with Crippen molar-refractivity contribution in [2.24, 2.45) is 0 Å². The SMILES string of the molecule is COC(=O)CCCCCO[C@@H]1O[C@@H]2CO[C@@H](c3ccc(OC)cc3)O[C@H]2[C@H](O[C@H]2O[C@@H](C)[C@@H](OCc3ccccc3)[C@@H](OCc3ccccc3)[C@@H]2OCc2ccccc2)[C@H]1N1C(=O)c2ccccc2C1=O. The van der Waals surface area contributed by atoms with Gasteiger partial charge in [-0.25, -0.2) is 0 Å². The van der Waals surface area contributed by atoms with Crippen molar-refractivity contribution in [1.29, 1.82) is 0 Å². The Morgan fingerprint density at radius 3 is 1.73 bits per heavy atom. The van der Waals surface area contributed by atoms with E-state index in [0.717, 1.165) is 16.7 Å². The summed E-state index contributed by atoms with van der Waals surface area (Å²) in [6.45, 7) is 2.77. The summed E-state index contributed by atoms with van der Waals surface area (Å²) < 4.78 is 71.8. The second-order valence-electron chi connectivity index (χ2n) is 18.0. The molecule has 5 aromatic carbocycles. The number of hydrogen-bond donors (Lipinski definition) is 0. The highest BCUT2D eigenvalue weighted by Crippen LogP contribution is 2.42. The molecule has 5 aromatic rings. The van der Waals surface area contributed by atoms with Gasteiger partial charge < -0.3 is 52.1 Å². The fraction of sp³-hybridized carbons (Fsp3) is 0.411. The molecule has 3 saturated heterocycles. The predicted molar refractivity (Wildman–Crippen MR) is 257 cm³/mol. The Bertz CT molecular complexity index is 2460. The molecule has 9 rings (SSSR count). The Balaban J connectivity index is 1.10. The monoisotopic (exact) mass is 971 g/mol. The van der Waals surface area contributed by atoms with E-state index in [1.54, 1.807) is 31.4 Å². The van der Waals surface area contributed by atoms with Gasteiger partial charge in [0.2, 0.25) is 0 Å². The molecule has 2 amide bonds. The van der Waals surface area contributed by atoms with Crippen LogP contribution in [0.5, 0.6) is 5.75 Å². The number of ether oxygens (including phenoxy) is 11. The lowest BCUT2D eigenvalue weighted by atomic mass is 9.93. The van der Waals surface area contributed by atoms with Crippen LogP contribution in [-0.4, -0.2) is 111 Å². The molecule has 4 aliphatic heterocycles. The van der Waals surface area contributed by atoms with E-state index in [-0.39, 0.29) is 56.6 Å². The summed E-state index contributed by atoms with van der Waals surface area (Å²) in [5, 5.41) is 0. The van der Waals surface area contributed by atoms with E-state index in [2.05, 4.69) is 0 Å². The molecule has 0 saturated carbocycles. The lowest BCUT2D eigenvalue weighted by Crippen LogP contribution is -2.70. The molecule has 0 unspecified atom stereocenters. The molecule has 4 aliphatic rings. The molecule has 374 valence electrons. The number of methoxy groups -OCH3 is 2. The molecule has 71 heavy (non-hydrogen) atoms. The number of unbranched alkanes of at least 4 members (excludes halogenated alkanes) is 2. The number of fused-ring (bicyclic) bond motifs is 2. The first-order chi connectivity index (χ1) is 34.8. The molecular weight excluding hydrogens is 911 g/mol. The van der Waals surface area contributed by atoms with Gasteiger partial charge in [0.05, 0.1) is 57.9 Å². The summed E-state index contributed by atoms with van der Waals surface area (Å²) in [4.78, 5) is 42.5. The van der Waals surface area contributed by atoms with Gasteiger partial charge >= 0.3 is 5.97 Å². The maximum atomic E-state index is 14.7. The van der Waals surface area contributed by atoms with Crippen LogP contribution in [0, 0.1) is 0 Å². The summed E-state index contributed by atoms with van der Waals surface area (Å²) in [7, 11) is 2.95. The van der Waals surface area contributed by atoms with Crippen LogP contribution >= 0.6 is 0 Å². The quantitative estimate of drug-likeness (QED) is 0.0395. The average Bonchev–Trinajstić information content (AvgIpc) is 3.66. The molecule has 15 nitrogen and oxygen atoms in total. The van der Waals surface area contributed by atoms with Crippen molar-refractivity contribution in [3.05, 3.63) is 173 Å². The number of rotatable bonds is 21. The van der Waals surface area contributed by atoms with E-state index in [4.69, 9.17) is 52.1 Å². The zero-order valence-corrected chi connectivity index (χ0v) is 40.2. The smallest absolute Gasteiger partial charge is 0.305 e. The van der Waals surface area contributed by atoms with E-state index in [0.29, 0.717) is 30.6 Å². The maximum absolute atomic E-state index is 14.7. The van der Waals surface area contributed by atoms with Crippen molar-refractivity contribution in [1.82, 2.24) is 4.90 Å². The fourth-order valence-electron chi connectivity index (χ4n) is 9.52. The van der Waals surface area contributed by atoms with E-state index >= 15 is 0 Å². The first kappa shape index (κ1) is 50.1. The van der Waals surface area contributed by atoms with Crippen LogP contribution in [0.2, 0.25) is 0 Å². The van der Waals surface area contributed by atoms with Crippen molar-refractivity contribution in [3.8, 4) is 5.75 Å². The molecule has 15 heteroatoms. The van der Waals surface area contributed by atoms with Gasteiger partial charge in [0.25, 0.3) is 11.8 Å². The van der Waals surface area contributed by atoms with Crippen LogP contribution in [0.15, 0.2) is 140 Å². The van der Waals surface area contributed by atoms with Gasteiger partial charge in [-0.15, -0.1) is 0 Å². The third-order valence-electron chi connectivity index (χ3n) is 13.2. The average molecular weight is 972 g/mol. The number of amides is 2. The van der Waals surface area contributed by atoms with Crippen LogP contribution in [0.1, 0.15) is 81.9 Å². The molecule has 0 radical (unpaired) electrons. The standard InChI is InChI=1S/C56H61NO14/c1-36-47(64-32-37-18-8-4-9-19-37)50(65-33-38-20-10-5-11-21-38)51(66-34-39-22-12-6-13-23-39)56(68-36)71-49-46(57-52(59)42-24-15-16-25-43(42)53(57)60)55(63-31-17-7-14-26-45(58)62-3)69-44-35-67-54(70-48(44)49)40-27-29-41(61-2)30-28-40/h4-6,8-13,15-16,18-25,27-30,36,44,46-51,54-56H,7,14,17,26,31-35H2,1-3H3/t36-,44+,46+,47+,48+,49+,50+,51-,54+,55+,56+/m0/s1. The minimum Gasteiger partial charge on any atom is -0.497 e. The van der Waals surface area contributed by atoms with Gasteiger partial charge in [0, 0.05) is 18.6 Å². The van der Waals surface area contributed by atoms with Crippen LogP contribution in [0.4, 0.5) is 0 Å². The Morgan fingerprint density at radius 2 is 1.15 bits per heavy atom. The number of carbonyl (C=O) groups is 3. The molecule has 0 bridgehead atoms. The predicted octanol–water partition coefficient (Wildman–Crippen LogP) is 8.14. The van der Waals surface area contributed by atoms with Gasteiger partial charge in [-0.05, 0) is 60.7 Å². The van der Waals surface area contributed by atoms with Crippen molar-refractivity contribution in [2.45, 2.75) is 120 Å².